The standard InChI is InChI=1S/C16H17NO4S/c1-11(22-10-12-5-3-2-4-6-12)15(18)17-9-13-7-8-14(21-13)16(19)20/h2-8,11H,9-10H2,1H3,(H,17,18)(H,19,20). The number of amides is 1. The van der Waals surface area contributed by atoms with Crippen molar-refractivity contribution in [3.63, 3.8) is 0 Å². The van der Waals surface area contributed by atoms with Gasteiger partial charge in [-0.05, 0) is 24.6 Å². The van der Waals surface area contributed by atoms with E-state index in [0.29, 0.717) is 5.76 Å². The number of carbonyl (C=O) groups is 2. The van der Waals surface area contributed by atoms with E-state index in [1.165, 1.54) is 11.6 Å². The fourth-order valence-corrected chi connectivity index (χ4v) is 2.65. The summed E-state index contributed by atoms with van der Waals surface area (Å²) in [5.74, 6) is -0.167. The number of benzene rings is 1. The van der Waals surface area contributed by atoms with Gasteiger partial charge in [-0.25, -0.2) is 4.79 Å². The predicted octanol–water partition coefficient (Wildman–Crippen LogP) is 2.92. The van der Waals surface area contributed by atoms with Gasteiger partial charge in [0.2, 0.25) is 11.7 Å². The van der Waals surface area contributed by atoms with Crippen LogP contribution in [0.3, 0.4) is 0 Å². The Bertz CT molecular complexity index is 639. The van der Waals surface area contributed by atoms with Crippen LogP contribution in [0.15, 0.2) is 46.9 Å². The molecule has 0 bridgehead atoms. The third kappa shape index (κ3) is 4.66. The molecule has 6 heteroatoms. The van der Waals surface area contributed by atoms with Crippen LogP contribution in [0.2, 0.25) is 0 Å². The fourth-order valence-electron chi connectivity index (χ4n) is 1.78. The van der Waals surface area contributed by atoms with E-state index < -0.39 is 5.97 Å². The average Bonchev–Trinajstić information content (AvgIpc) is 3.00. The molecule has 2 N–H and O–H groups in total. The summed E-state index contributed by atoms with van der Waals surface area (Å²) in [7, 11) is 0. The number of hydrogen-bond donors (Lipinski definition) is 2. The molecule has 0 aliphatic carbocycles. The Morgan fingerprint density at radius 2 is 1.95 bits per heavy atom. The molecule has 0 saturated heterocycles. The van der Waals surface area contributed by atoms with Crippen molar-refractivity contribution in [2.45, 2.75) is 24.5 Å². The Morgan fingerprint density at radius 1 is 1.23 bits per heavy atom. The van der Waals surface area contributed by atoms with Gasteiger partial charge in [0.05, 0.1) is 11.8 Å². The number of carboxylic acids is 1. The van der Waals surface area contributed by atoms with E-state index in [4.69, 9.17) is 9.52 Å². The number of carbonyl (C=O) groups excluding carboxylic acids is 1. The van der Waals surface area contributed by atoms with Crippen molar-refractivity contribution in [1.29, 1.82) is 0 Å². The van der Waals surface area contributed by atoms with E-state index >= 15 is 0 Å². The van der Waals surface area contributed by atoms with Crippen molar-refractivity contribution in [2.24, 2.45) is 0 Å². The monoisotopic (exact) mass is 319 g/mol. The van der Waals surface area contributed by atoms with Gasteiger partial charge in [0.15, 0.2) is 0 Å². The van der Waals surface area contributed by atoms with Gasteiger partial charge in [-0.1, -0.05) is 30.3 Å². The highest BCUT2D eigenvalue weighted by molar-refractivity contribution is 7.99. The molecule has 0 saturated carbocycles. The van der Waals surface area contributed by atoms with Crippen LogP contribution in [-0.2, 0) is 17.1 Å². The third-order valence-electron chi connectivity index (χ3n) is 3.02. The van der Waals surface area contributed by atoms with Crippen LogP contribution in [0.4, 0.5) is 0 Å². The van der Waals surface area contributed by atoms with Gasteiger partial charge in [0, 0.05) is 5.75 Å². The molecule has 2 aromatic rings. The van der Waals surface area contributed by atoms with Crippen LogP contribution in [0.25, 0.3) is 0 Å². The summed E-state index contributed by atoms with van der Waals surface area (Å²) in [6.07, 6.45) is 0. The van der Waals surface area contributed by atoms with Crippen LogP contribution in [0.5, 0.6) is 0 Å². The summed E-state index contributed by atoms with van der Waals surface area (Å²) in [6, 6.07) is 12.9. The van der Waals surface area contributed by atoms with Crippen LogP contribution in [0.1, 0.15) is 28.8 Å². The third-order valence-corrected chi connectivity index (χ3v) is 4.24. The minimum absolute atomic E-state index is 0.103. The molecule has 1 aromatic carbocycles. The highest BCUT2D eigenvalue weighted by Crippen LogP contribution is 2.17. The number of furan rings is 1. The summed E-state index contributed by atoms with van der Waals surface area (Å²) in [5, 5.41) is 11.3. The molecule has 1 heterocycles. The maximum absolute atomic E-state index is 12.0. The van der Waals surface area contributed by atoms with E-state index in [-0.39, 0.29) is 23.5 Å². The minimum atomic E-state index is -1.12. The first-order valence-electron chi connectivity index (χ1n) is 6.81. The molecule has 5 nitrogen and oxygen atoms in total. The average molecular weight is 319 g/mol. The van der Waals surface area contributed by atoms with E-state index in [2.05, 4.69) is 5.32 Å². The molecule has 1 unspecified atom stereocenters. The zero-order valence-corrected chi connectivity index (χ0v) is 12.9. The Hall–Kier alpha value is -2.21. The second-order valence-electron chi connectivity index (χ2n) is 4.73. The van der Waals surface area contributed by atoms with E-state index in [9.17, 15) is 9.59 Å². The minimum Gasteiger partial charge on any atom is -0.475 e. The summed E-state index contributed by atoms with van der Waals surface area (Å²) in [5.41, 5.74) is 1.17. The molecule has 22 heavy (non-hydrogen) atoms. The predicted molar refractivity (Wildman–Crippen MR) is 84.7 cm³/mol. The number of carboxylic acid groups (broad SMARTS) is 1. The first-order chi connectivity index (χ1) is 10.6. The zero-order valence-electron chi connectivity index (χ0n) is 12.1. The Kier molecular flexibility index (Phi) is 5.66. The lowest BCUT2D eigenvalue weighted by molar-refractivity contribution is -0.120. The Morgan fingerprint density at radius 3 is 2.59 bits per heavy atom. The van der Waals surface area contributed by atoms with E-state index in [0.717, 1.165) is 5.75 Å². The van der Waals surface area contributed by atoms with Crippen molar-refractivity contribution in [1.82, 2.24) is 5.32 Å². The first-order valence-corrected chi connectivity index (χ1v) is 7.86. The maximum atomic E-state index is 12.0. The lowest BCUT2D eigenvalue weighted by atomic mass is 10.2. The van der Waals surface area contributed by atoms with Gasteiger partial charge in [0.25, 0.3) is 0 Å². The topological polar surface area (TPSA) is 79.5 Å². The van der Waals surface area contributed by atoms with Crippen molar-refractivity contribution in [3.05, 3.63) is 59.5 Å². The first kappa shape index (κ1) is 16.2. The highest BCUT2D eigenvalue weighted by atomic mass is 32.2. The molecule has 1 aromatic heterocycles. The molecule has 116 valence electrons. The number of thioether (sulfide) groups is 1. The lowest BCUT2D eigenvalue weighted by Crippen LogP contribution is -2.30. The van der Waals surface area contributed by atoms with Gasteiger partial charge in [-0.2, -0.15) is 0 Å². The van der Waals surface area contributed by atoms with Gasteiger partial charge < -0.3 is 14.8 Å². The van der Waals surface area contributed by atoms with Crippen molar-refractivity contribution >= 4 is 23.6 Å². The van der Waals surface area contributed by atoms with Crippen LogP contribution in [-0.4, -0.2) is 22.2 Å². The van der Waals surface area contributed by atoms with E-state index in [1.807, 2.05) is 37.3 Å². The largest absolute Gasteiger partial charge is 0.475 e. The van der Waals surface area contributed by atoms with Crippen LogP contribution in [0, 0.1) is 0 Å². The van der Waals surface area contributed by atoms with Crippen LogP contribution < -0.4 is 5.32 Å². The second kappa shape index (κ2) is 7.70. The molecular formula is C16H17NO4S. The number of nitrogens with one attached hydrogen (secondary N) is 1. The van der Waals surface area contributed by atoms with E-state index in [1.54, 1.807) is 17.8 Å². The normalized spacial score (nSPS) is 11.9. The van der Waals surface area contributed by atoms with Crippen molar-refractivity contribution in [3.8, 4) is 0 Å². The van der Waals surface area contributed by atoms with Gasteiger partial charge in [0.1, 0.15) is 5.76 Å². The molecule has 0 aliphatic rings. The number of rotatable bonds is 7. The second-order valence-corrected chi connectivity index (χ2v) is 6.06. The summed E-state index contributed by atoms with van der Waals surface area (Å²) in [4.78, 5) is 22.7. The van der Waals surface area contributed by atoms with Crippen LogP contribution >= 0.6 is 11.8 Å². The smallest absolute Gasteiger partial charge is 0.371 e. The number of aromatic carboxylic acids is 1. The Balaban J connectivity index is 1.77. The molecule has 2 rings (SSSR count). The molecule has 0 spiro atoms. The maximum Gasteiger partial charge on any atom is 0.371 e. The zero-order chi connectivity index (χ0) is 15.9. The quantitative estimate of drug-likeness (QED) is 0.820. The molecule has 1 amide bonds. The number of hydrogen-bond acceptors (Lipinski definition) is 4. The molecule has 0 aliphatic heterocycles. The van der Waals surface area contributed by atoms with Crippen molar-refractivity contribution in [2.75, 3.05) is 0 Å². The summed E-state index contributed by atoms with van der Waals surface area (Å²) < 4.78 is 5.08. The molecule has 0 radical (unpaired) electrons. The summed E-state index contributed by atoms with van der Waals surface area (Å²) >= 11 is 1.55. The molecule has 0 fully saturated rings. The SMILES string of the molecule is CC(SCc1ccccc1)C(=O)NCc1ccc(C(=O)O)o1. The van der Waals surface area contributed by atoms with Crippen molar-refractivity contribution < 1.29 is 19.1 Å². The van der Waals surface area contributed by atoms with Gasteiger partial charge >= 0.3 is 5.97 Å². The Labute approximate surface area is 132 Å². The highest BCUT2D eigenvalue weighted by Gasteiger charge is 2.14. The van der Waals surface area contributed by atoms with Gasteiger partial charge in [-0.15, -0.1) is 11.8 Å². The van der Waals surface area contributed by atoms with Gasteiger partial charge in [-0.3, -0.25) is 4.79 Å². The fraction of sp³-hybridized carbons (Fsp3) is 0.250. The molecule has 1 atom stereocenters. The lowest BCUT2D eigenvalue weighted by Gasteiger charge is -2.11. The summed E-state index contributed by atoms with van der Waals surface area (Å²) in [6.45, 7) is 2.02. The molecular weight excluding hydrogens is 302 g/mol.